The fraction of sp³-hybridized carbons (Fsp3) is 0.625. The van der Waals surface area contributed by atoms with Gasteiger partial charge in [0.25, 0.3) is 11.5 Å². The molecule has 1 N–H and O–H groups in total. The summed E-state index contributed by atoms with van der Waals surface area (Å²) in [5.41, 5.74) is -0.0247. The number of amides is 3. The molecule has 1 aliphatic heterocycles. The summed E-state index contributed by atoms with van der Waals surface area (Å²) in [7, 11) is 4.89. The summed E-state index contributed by atoms with van der Waals surface area (Å²) in [4.78, 5) is 39.2. The Bertz CT molecular complexity index is 683. The van der Waals surface area contributed by atoms with Crippen molar-refractivity contribution in [3.63, 3.8) is 0 Å². The molecule has 8 nitrogen and oxygen atoms in total. The van der Waals surface area contributed by atoms with Crippen LogP contribution in [0.25, 0.3) is 0 Å². The van der Waals surface area contributed by atoms with Crippen LogP contribution < -0.4 is 10.9 Å². The summed E-state index contributed by atoms with van der Waals surface area (Å²) >= 11 is 0. The number of rotatable bonds is 3. The minimum absolute atomic E-state index is 0.101. The van der Waals surface area contributed by atoms with Crippen LogP contribution in [0.5, 0.6) is 0 Å². The summed E-state index contributed by atoms with van der Waals surface area (Å²) in [6.45, 7) is 5.15. The van der Waals surface area contributed by atoms with Crippen LogP contribution in [0.3, 0.4) is 0 Å². The molecule has 0 radical (unpaired) electrons. The molecule has 1 aromatic heterocycles. The lowest BCUT2D eigenvalue weighted by molar-refractivity contribution is 0.0774. The minimum Gasteiger partial charge on any atom is -0.335 e. The third kappa shape index (κ3) is 3.74. The second kappa shape index (κ2) is 7.02. The quantitative estimate of drug-likeness (QED) is 0.852. The van der Waals surface area contributed by atoms with E-state index in [4.69, 9.17) is 0 Å². The number of nitrogens with one attached hydrogen (secondary N) is 1. The molecule has 24 heavy (non-hydrogen) atoms. The number of nitrogens with zero attached hydrogens (tertiary/aromatic N) is 4. The van der Waals surface area contributed by atoms with E-state index in [2.05, 4.69) is 24.3 Å². The zero-order valence-electron chi connectivity index (χ0n) is 14.8. The van der Waals surface area contributed by atoms with Crippen LogP contribution in [0.4, 0.5) is 4.79 Å². The Morgan fingerprint density at radius 3 is 2.50 bits per heavy atom. The molecule has 0 saturated carbocycles. The van der Waals surface area contributed by atoms with E-state index in [1.165, 1.54) is 24.1 Å². The van der Waals surface area contributed by atoms with Crippen LogP contribution >= 0.6 is 0 Å². The molecule has 132 valence electrons. The van der Waals surface area contributed by atoms with Crippen molar-refractivity contribution in [2.24, 2.45) is 18.9 Å². The number of carbonyl (C=O) groups is 2. The molecule has 1 aliphatic rings. The zero-order valence-corrected chi connectivity index (χ0v) is 14.8. The third-order valence-electron chi connectivity index (χ3n) is 4.40. The second-order valence-corrected chi connectivity index (χ2v) is 6.75. The normalized spacial score (nSPS) is 20.3. The van der Waals surface area contributed by atoms with Crippen molar-refractivity contribution in [1.29, 1.82) is 0 Å². The summed E-state index contributed by atoms with van der Waals surface area (Å²) in [6, 6.07) is 2.51. The highest BCUT2D eigenvalue weighted by Gasteiger charge is 2.38. The highest BCUT2D eigenvalue weighted by Crippen LogP contribution is 2.25. The molecule has 0 aliphatic carbocycles. The first kappa shape index (κ1) is 18.0. The van der Waals surface area contributed by atoms with Crippen molar-refractivity contribution in [1.82, 2.24) is 24.9 Å². The number of carbonyl (C=O) groups excluding carboxylic acids is 2. The first-order valence-corrected chi connectivity index (χ1v) is 8.02. The number of aryl methyl sites for hydroxylation is 1. The predicted molar refractivity (Wildman–Crippen MR) is 89.7 cm³/mol. The summed E-state index contributed by atoms with van der Waals surface area (Å²) in [6.07, 6.45) is 0. The molecule has 2 heterocycles. The first-order valence-electron chi connectivity index (χ1n) is 8.02. The largest absolute Gasteiger partial charge is 0.335 e. The van der Waals surface area contributed by atoms with E-state index in [-0.39, 0.29) is 35.2 Å². The maximum atomic E-state index is 12.7. The van der Waals surface area contributed by atoms with Crippen LogP contribution in [0.15, 0.2) is 16.9 Å². The highest BCUT2D eigenvalue weighted by atomic mass is 16.2. The molecule has 0 aromatic carbocycles. The third-order valence-corrected chi connectivity index (χ3v) is 4.40. The number of likely N-dealkylation sites (tertiary alicyclic amines) is 1. The van der Waals surface area contributed by atoms with Gasteiger partial charge in [-0.25, -0.2) is 9.48 Å². The molecular weight excluding hydrogens is 310 g/mol. The van der Waals surface area contributed by atoms with E-state index in [1.807, 2.05) is 0 Å². The van der Waals surface area contributed by atoms with Crippen molar-refractivity contribution < 1.29 is 9.59 Å². The Morgan fingerprint density at radius 2 is 1.96 bits per heavy atom. The Hall–Kier alpha value is -2.38. The Balaban J connectivity index is 2.16. The van der Waals surface area contributed by atoms with E-state index < -0.39 is 0 Å². The van der Waals surface area contributed by atoms with Crippen LogP contribution in [0.2, 0.25) is 0 Å². The van der Waals surface area contributed by atoms with Gasteiger partial charge in [0.15, 0.2) is 0 Å². The fourth-order valence-corrected chi connectivity index (χ4v) is 2.89. The molecule has 0 spiro atoms. The molecule has 2 rings (SSSR count). The van der Waals surface area contributed by atoms with Gasteiger partial charge in [0.2, 0.25) is 0 Å². The van der Waals surface area contributed by atoms with Crippen molar-refractivity contribution in [3.05, 3.63) is 28.2 Å². The van der Waals surface area contributed by atoms with Crippen LogP contribution in [0.1, 0.15) is 24.3 Å². The van der Waals surface area contributed by atoms with E-state index in [0.29, 0.717) is 19.0 Å². The Labute approximate surface area is 141 Å². The van der Waals surface area contributed by atoms with Crippen LogP contribution in [0, 0.1) is 11.8 Å². The van der Waals surface area contributed by atoms with Crippen LogP contribution in [-0.4, -0.2) is 64.7 Å². The molecule has 8 heteroatoms. The lowest BCUT2D eigenvalue weighted by Crippen LogP contribution is -2.46. The van der Waals surface area contributed by atoms with Gasteiger partial charge in [0, 0.05) is 46.2 Å². The van der Waals surface area contributed by atoms with E-state index in [9.17, 15) is 14.4 Å². The number of urea groups is 1. The van der Waals surface area contributed by atoms with Crippen molar-refractivity contribution in [3.8, 4) is 0 Å². The van der Waals surface area contributed by atoms with Gasteiger partial charge >= 0.3 is 6.03 Å². The maximum Gasteiger partial charge on any atom is 0.317 e. The topological polar surface area (TPSA) is 87.5 Å². The van der Waals surface area contributed by atoms with Crippen molar-refractivity contribution >= 4 is 11.9 Å². The number of hydrogen-bond acceptors (Lipinski definition) is 4. The summed E-state index contributed by atoms with van der Waals surface area (Å²) in [5, 5.41) is 7.00. The standard InChI is InChI=1S/C16H25N5O3/c1-10(2)11-8-21(9-13(11)17-16(24)19(3)4)15(23)12-6-7-14(22)20(5)18-12/h6-7,10-11,13H,8-9H2,1-5H3,(H,17,24). The average Bonchev–Trinajstić information content (AvgIpc) is 2.93. The predicted octanol–water partition coefficient (Wildman–Crippen LogP) is 0.148. The Morgan fingerprint density at radius 1 is 1.29 bits per heavy atom. The molecule has 2 unspecified atom stereocenters. The van der Waals surface area contributed by atoms with Crippen LogP contribution in [-0.2, 0) is 7.05 Å². The molecule has 0 bridgehead atoms. The second-order valence-electron chi connectivity index (χ2n) is 6.75. The first-order chi connectivity index (χ1) is 11.2. The lowest BCUT2D eigenvalue weighted by Gasteiger charge is -2.24. The van der Waals surface area contributed by atoms with E-state index >= 15 is 0 Å². The Kier molecular flexibility index (Phi) is 5.26. The van der Waals surface area contributed by atoms with Gasteiger partial charge in [-0.1, -0.05) is 13.8 Å². The van der Waals surface area contributed by atoms with E-state index in [0.717, 1.165) is 4.68 Å². The SMILES string of the molecule is CC(C)C1CN(C(=O)c2ccc(=O)n(C)n2)CC1NC(=O)N(C)C. The average molecular weight is 335 g/mol. The van der Waals surface area contributed by atoms with Gasteiger partial charge in [0.05, 0.1) is 6.04 Å². The van der Waals surface area contributed by atoms with Gasteiger partial charge in [0.1, 0.15) is 5.69 Å². The van der Waals surface area contributed by atoms with Gasteiger partial charge < -0.3 is 15.1 Å². The highest BCUT2D eigenvalue weighted by molar-refractivity contribution is 5.92. The summed E-state index contributed by atoms with van der Waals surface area (Å²) in [5.74, 6) is 0.270. The smallest absolute Gasteiger partial charge is 0.317 e. The molecule has 1 aromatic rings. The van der Waals surface area contributed by atoms with Gasteiger partial charge in [-0.15, -0.1) is 0 Å². The molecular formula is C16H25N5O3. The van der Waals surface area contributed by atoms with Gasteiger partial charge in [-0.3, -0.25) is 9.59 Å². The van der Waals surface area contributed by atoms with Crippen molar-refractivity contribution in [2.45, 2.75) is 19.9 Å². The van der Waals surface area contributed by atoms with E-state index in [1.54, 1.807) is 19.0 Å². The number of aromatic nitrogens is 2. The molecule has 1 saturated heterocycles. The molecule has 1 fully saturated rings. The zero-order chi connectivity index (χ0) is 18.0. The maximum absolute atomic E-state index is 12.7. The van der Waals surface area contributed by atoms with Crippen molar-refractivity contribution in [2.75, 3.05) is 27.2 Å². The van der Waals surface area contributed by atoms with Gasteiger partial charge in [-0.05, 0) is 12.0 Å². The molecule has 2 atom stereocenters. The summed E-state index contributed by atoms with van der Waals surface area (Å²) < 4.78 is 1.15. The molecule has 3 amide bonds. The van der Waals surface area contributed by atoms with Gasteiger partial charge in [-0.2, -0.15) is 5.10 Å². The number of hydrogen-bond donors (Lipinski definition) is 1. The minimum atomic E-state index is -0.260. The monoisotopic (exact) mass is 335 g/mol. The lowest BCUT2D eigenvalue weighted by atomic mass is 9.91. The fourth-order valence-electron chi connectivity index (χ4n) is 2.89.